The molecule has 60 heavy (non-hydrogen) atoms. The van der Waals surface area contributed by atoms with E-state index in [1.165, 1.54) is 89.9 Å². The lowest BCUT2D eigenvalue weighted by atomic mass is 10.0. The molecule has 1 rings (SSSR count). The molecule has 1 heterocycles. The van der Waals surface area contributed by atoms with Crippen LogP contribution in [0.5, 0.6) is 0 Å². The third-order valence-corrected chi connectivity index (χ3v) is 11.4. The number of esters is 2. The number of unbranched alkanes of at least 4 members (excludes halogenated alkanes) is 17. The quantitative estimate of drug-likeness (QED) is 0.0148. The van der Waals surface area contributed by atoms with Crippen molar-refractivity contribution in [3.8, 4) is 0 Å². The summed E-state index contributed by atoms with van der Waals surface area (Å²) in [4.78, 5) is 52.9. The van der Waals surface area contributed by atoms with Crippen molar-refractivity contribution in [3.05, 3.63) is 36.5 Å². The molecule has 3 unspecified atom stereocenters. The highest BCUT2D eigenvalue weighted by atomic mass is 31.2. The molecule has 0 saturated carbocycles. The lowest BCUT2D eigenvalue weighted by Gasteiger charge is -2.20. The van der Waals surface area contributed by atoms with Crippen molar-refractivity contribution in [3.63, 3.8) is 0 Å². The van der Waals surface area contributed by atoms with Crippen LogP contribution in [0.15, 0.2) is 36.5 Å². The summed E-state index contributed by atoms with van der Waals surface area (Å²) < 4.78 is 53.6. The maximum absolute atomic E-state index is 12.7. The smallest absolute Gasteiger partial charge is 0.462 e. The number of epoxide rings is 1. The van der Waals surface area contributed by atoms with Crippen molar-refractivity contribution in [2.45, 2.75) is 205 Å². The van der Waals surface area contributed by atoms with Crippen LogP contribution in [0.4, 0.5) is 0 Å². The molecular formula is C44H80O14P2. The van der Waals surface area contributed by atoms with Crippen LogP contribution in [0.3, 0.4) is 0 Å². The van der Waals surface area contributed by atoms with Gasteiger partial charge in [-0.1, -0.05) is 153 Å². The summed E-state index contributed by atoms with van der Waals surface area (Å²) in [6, 6.07) is 0. The predicted molar refractivity (Wildman–Crippen MR) is 234 cm³/mol. The van der Waals surface area contributed by atoms with E-state index in [2.05, 4.69) is 54.8 Å². The summed E-state index contributed by atoms with van der Waals surface area (Å²) in [7, 11) is -9.70. The highest BCUT2D eigenvalue weighted by Crippen LogP contribution is 2.44. The van der Waals surface area contributed by atoms with Crippen molar-refractivity contribution >= 4 is 27.6 Å². The Morgan fingerprint density at radius 1 is 0.583 bits per heavy atom. The summed E-state index contributed by atoms with van der Waals surface area (Å²) in [5.41, 5.74) is 0. The number of hydrogen-bond donors (Lipinski definition) is 4. The molecule has 14 nitrogen and oxygen atoms in total. The topological polar surface area (TPSA) is 208 Å². The van der Waals surface area contributed by atoms with Crippen LogP contribution >= 0.6 is 15.6 Å². The normalized spacial score (nSPS) is 17.7. The van der Waals surface area contributed by atoms with Gasteiger partial charge in [-0.15, -0.1) is 0 Å². The van der Waals surface area contributed by atoms with Gasteiger partial charge in [-0.05, 0) is 51.4 Å². The first-order valence-corrected chi connectivity index (χ1v) is 25.8. The average molecular weight is 895 g/mol. The fourth-order valence-corrected chi connectivity index (χ4v) is 7.53. The lowest BCUT2D eigenvalue weighted by Crippen LogP contribution is -2.30. The molecule has 0 aliphatic carbocycles. The van der Waals surface area contributed by atoms with Crippen LogP contribution in [-0.4, -0.2) is 82.6 Å². The zero-order valence-electron chi connectivity index (χ0n) is 36.8. The molecule has 4 N–H and O–H groups in total. The molecule has 0 amide bonds. The Bertz CT molecular complexity index is 1270. The molecule has 0 aromatic carbocycles. The van der Waals surface area contributed by atoms with Gasteiger partial charge in [-0.3, -0.25) is 23.2 Å². The largest absolute Gasteiger partial charge is 0.472 e. The van der Waals surface area contributed by atoms with Gasteiger partial charge in [0.05, 0.1) is 32.0 Å². The molecule has 0 spiro atoms. The summed E-state index contributed by atoms with van der Waals surface area (Å²) in [5.74, 6) is -1.10. The molecule has 0 radical (unpaired) electrons. The fourth-order valence-electron chi connectivity index (χ4n) is 6.38. The molecule has 1 saturated heterocycles. The van der Waals surface area contributed by atoms with E-state index in [1.807, 2.05) is 0 Å². The number of allylic oxidation sites excluding steroid dienone is 5. The minimum atomic E-state index is -4.87. The second kappa shape index (κ2) is 36.8. The first-order valence-electron chi connectivity index (χ1n) is 22.8. The van der Waals surface area contributed by atoms with E-state index in [0.29, 0.717) is 19.3 Å². The van der Waals surface area contributed by atoms with E-state index in [1.54, 1.807) is 0 Å². The Morgan fingerprint density at radius 3 is 1.68 bits per heavy atom. The maximum atomic E-state index is 12.7. The van der Waals surface area contributed by atoms with Crippen molar-refractivity contribution in [1.29, 1.82) is 0 Å². The number of aliphatic hydroxyl groups excluding tert-OH is 1. The Hall–Kier alpha value is -1.70. The second-order valence-electron chi connectivity index (χ2n) is 15.7. The number of hydrogen-bond acceptors (Lipinski definition) is 11. The van der Waals surface area contributed by atoms with Gasteiger partial charge in [0, 0.05) is 12.8 Å². The van der Waals surface area contributed by atoms with Gasteiger partial charge in [0.2, 0.25) is 0 Å². The van der Waals surface area contributed by atoms with Crippen LogP contribution in [0.25, 0.3) is 0 Å². The van der Waals surface area contributed by atoms with Crippen LogP contribution in [0, 0.1) is 0 Å². The summed E-state index contributed by atoms with van der Waals surface area (Å²) in [6.07, 6.45) is 37.2. The van der Waals surface area contributed by atoms with E-state index >= 15 is 0 Å². The molecule has 0 aromatic heterocycles. The highest BCUT2D eigenvalue weighted by molar-refractivity contribution is 7.47. The van der Waals surface area contributed by atoms with Crippen LogP contribution in [-0.2, 0) is 46.5 Å². The average Bonchev–Trinajstić information content (AvgIpc) is 3.96. The maximum Gasteiger partial charge on any atom is 0.472 e. The number of carbonyl (C=O) groups excluding carboxylic acids is 2. The van der Waals surface area contributed by atoms with Crippen molar-refractivity contribution in [2.75, 3.05) is 26.4 Å². The number of aliphatic hydroxyl groups is 1. The first kappa shape index (κ1) is 56.3. The summed E-state index contributed by atoms with van der Waals surface area (Å²) in [6.45, 7) is 1.67. The number of carbonyl (C=O) groups is 2. The van der Waals surface area contributed by atoms with Gasteiger partial charge in [-0.25, -0.2) is 9.13 Å². The van der Waals surface area contributed by atoms with Crippen molar-refractivity contribution in [1.82, 2.24) is 0 Å². The molecule has 1 fully saturated rings. The van der Waals surface area contributed by atoms with Gasteiger partial charge in [0.15, 0.2) is 6.10 Å². The van der Waals surface area contributed by atoms with Crippen LogP contribution in [0.2, 0.25) is 0 Å². The summed E-state index contributed by atoms with van der Waals surface area (Å²) >= 11 is 0. The Balaban J connectivity index is 2.40. The first-order chi connectivity index (χ1) is 28.8. The fraction of sp³-hybridized carbons (Fsp3) is 0.818. The van der Waals surface area contributed by atoms with Gasteiger partial charge in [0.25, 0.3) is 0 Å². The molecule has 0 bridgehead atoms. The van der Waals surface area contributed by atoms with E-state index in [4.69, 9.17) is 33.0 Å². The monoisotopic (exact) mass is 895 g/mol. The lowest BCUT2D eigenvalue weighted by molar-refractivity contribution is -0.161. The molecule has 350 valence electrons. The molecule has 5 atom stereocenters. The van der Waals surface area contributed by atoms with Gasteiger partial charge in [0.1, 0.15) is 12.7 Å². The summed E-state index contributed by atoms with van der Waals surface area (Å²) in [5, 5.41) is 9.76. The van der Waals surface area contributed by atoms with Crippen molar-refractivity contribution < 1.29 is 66.3 Å². The number of phosphoric ester groups is 2. The SMILES string of the molecule is CCCCC/C=C\C/C=C\C/C=C\CC1OC1CCCC(=O)O[C@H](COC(=O)CCCCCCCCCCCCCCCCC)COP(=O)(O)OC[C@@H](O)COP(=O)(O)O. The van der Waals surface area contributed by atoms with E-state index in [0.717, 1.165) is 44.9 Å². The molecule has 1 aliphatic heterocycles. The van der Waals surface area contributed by atoms with E-state index in [-0.39, 0.29) is 25.0 Å². The number of ether oxygens (including phenoxy) is 3. The zero-order chi connectivity index (χ0) is 44.2. The third kappa shape index (κ3) is 36.9. The van der Waals surface area contributed by atoms with Gasteiger partial charge >= 0.3 is 27.6 Å². The van der Waals surface area contributed by atoms with E-state index in [9.17, 15) is 28.7 Å². The molecule has 1 aliphatic rings. The Labute approximate surface area is 361 Å². The minimum Gasteiger partial charge on any atom is -0.462 e. The third-order valence-electron chi connectivity index (χ3n) is 9.95. The molecular weight excluding hydrogens is 814 g/mol. The highest BCUT2D eigenvalue weighted by Gasteiger charge is 2.37. The van der Waals surface area contributed by atoms with Gasteiger partial charge in [-0.2, -0.15) is 0 Å². The van der Waals surface area contributed by atoms with E-state index < -0.39 is 66.2 Å². The molecule has 0 aromatic rings. The van der Waals surface area contributed by atoms with Crippen LogP contribution < -0.4 is 0 Å². The number of rotatable bonds is 42. The van der Waals surface area contributed by atoms with Crippen LogP contribution in [0.1, 0.15) is 181 Å². The second-order valence-corrected chi connectivity index (χ2v) is 18.4. The van der Waals surface area contributed by atoms with Gasteiger partial charge < -0.3 is 34.0 Å². The Kier molecular flexibility index (Phi) is 34.5. The molecule has 16 heteroatoms. The zero-order valence-corrected chi connectivity index (χ0v) is 38.5. The minimum absolute atomic E-state index is 0.0445. The standard InChI is InChI=1S/C44H80O14P2/c1-3-5-7-9-11-13-15-17-18-19-21-23-25-27-29-33-43(46)53-37-40(38-56-60(51,52)55-36-39(45)35-54-59(48,49)50)57-44(47)34-30-32-42-41(58-42)31-28-26-24-22-20-16-14-12-10-8-6-4-2/h12,14,20,22,26,28,39-42,45H,3-11,13,15-19,21,23-25,27,29-38H2,1-2H3,(H,51,52)(H2,48,49,50)/b14-12-,22-20-,28-26-/t39-,40+,41?,42?/m0/s1. The number of phosphoric acid groups is 2. The predicted octanol–water partition coefficient (Wildman–Crippen LogP) is 10.7. The van der Waals surface area contributed by atoms with Crippen molar-refractivity contribution in [2.24, 2.45) is 0 Å². The Morgan fingerprint density at radius 2 is 1.08 bits per heavy atom.